The normalized spacial score (nSPS) is 45.4. The van der Waals surface area contributed by atoms with Crippen molar-refractivity contribution in [1.29, 1.82) is 0 Å². The molecule has 4 aliphatic rings. The minimum Gasteiger partial charge on any atom is -0.486 e. The SMILES string of the molecule is Cc1ccc2c3c1OC1C(O)CC[C@]4(O)[C@H](C2)N(C)CC[C@@]314. The highest BCUT2D eigenvalue weighted by molar-refractivity contribution is 5.60. The molecule has 4 heteroatoms. The Morgan fingerprint density at radius 1 is 1.32 bits per heavy atom. The number of hydrogen-bond acceptors (Lipinski definition) is 4. The Morgan fingerprint density at radius 2 is 2.14 bits per heavy atom. The number of aliphatic hydroxyl groups excluding tert-OH is 1. The minimum atomic E-state index is -0.782. The van der Waals surface area contributed by atoms with E-state index < -0.39 is 17.1 Å². The van der Waals surface area contributed by atoms with Crippen LogP contribution >= 0.6 is 0 Å². The molecule has 5 rings (SSSR count). The van der Waals surface area contributed by atoms with Gasteiger partial charge in [0.2, 0.25) is 0 Å². The number of nitrogens with zero attached hydrogens (tertiary/aromatic N) is 1. The number of piperidine rings is 1. The van der Waals surface area contributed by atoms with E-state index in [1.807, 2.05) is 0 Å². The smallest absolute Gasteiger partial charge is 0.137 e. The number of likely N-dealkylation sites (N-methyl/N-ethyl adjacent to an activating group) is 1. The molecule has 1 aromatic carbocycles. The van der Waals surface area contributed by atoms with Gasteiger partial charge in [0.1, 0.15) is 11.9 Å². The van der Waals surface area contributed by atoms with Crippen LogP contribution in [0.4, 0.5) is 0 Å². The molecule has 0 aromatic heterocycles. The van der Waals surface area contributed by atoms with Crippen LogP contribution in [-0.2, 0) is 11.8 Å². The van der Waals surface area contributed by atoms with Gasteiger partial charge in [0.25, 0.3) is 0 Å². The molecule has 2 N–H and O–H groups in total. The Labute approximate surface area is 130 Å². The van der Waals surface area contributed by atoms with Crippen LogP contribution in [0.1, 0.15) is 36.0 Å². The molecule has 1 spiro atoms. The zero-order valence-corrected chi connectivity index (χ0v) is 13.2. The zero-order chi connectivity index (χ0) is 15.3. The molecule has 2 heterocycles. The van der Waals surface area contributed by atoms with Gasteiger partial charge in [-0.05, 0) is 57.3 Å². The van der Waals surface area contributed by atoms with Crippen LogP contribution < -0.4 is 4.74 Å². The highest BCUT2D eigenvalue weighted by atomic mass is 16.5. The number of aliphatic hydroxyl groups is 2. The maximum atomic E-state index is 11.8. The summed E-state index contributed by atoms with van der Waals surface area (Å²) in [6, 6.07) is 4.45. The molecule has 2 unspecified atom stereocenters. The Bertz CT molecular complexity index is 675. The topological polar surface area (TPSA) is 52.9 Å². The first kappa shape index (κ1) is 13.3. The van der Waals surface area contributed by atoms with Crippen LogP contribution in [0, 0.1) is 6.92 Å². The van der Waals surface area contributed by atoms with Gasteiger partial charge in [-0.2, -0.15) is 0 Å². The average molecular weight is 301 g/mol. The fraction of sp³-hybridized carbons (Fsp3) is 0.667. The minimum absolute atomic E-state index is 0.126. The highest BCUT2D eigenvalue weighted by Crippen LogP contribution is 2.64. The van der Waals surface area contributed by atoms with Gasteiger partial charge in [0, 0.05) is 11.6 Å². The lowest BCUT2D eigenvalue weighted by molar-refractivity contribution is -0.204. The highest BCUT2D eigenvalue weighted by Gasteiger charge is 2.72. The van der Waals surface area contributed by atoms with Crippen molar-refractivity contribution < 1.29 is 14.9 Å². The maximum absolute atomic E-state index is 11.8. The van der Waals surface area contributed by atoms with Crippen LogP contribution in [0.15, 0.2) is 12.1 Å². The Hall–Kier alpha value is -1.10. The van der Waals surface area contributed by atoms with Crippen molar-refractivity contribution in [3.63, 3.8) is 0 Å². The van der Waals surface area contributed by atoms with Crippen molar-refractivity contribution in [3.8, 4) is 5.75 Å². The second-order valence-electron chi connectivity index (χ2n) is 7.74. The van der Waals surface area contributed by atoms with E-state index in [0.717, 1.165) is 30.7 Å². The monoisotopic (exact) mass is 301 g/mol. The largest absolute Gasteiger partial charge is 0.486 e. The van der Waals surface area contributed by atoms with Gasteiger partial charge in [0.15, 0.2) is 0 Å². The molecular weight excluding hydrogens is 278 g/mol. The molecule has 118 valence electrons. The van der Waals surface area contributed by atoms with E-state index in [1.54, 1.807) is 0 Å². The molecule has 2 aliphatic heterocycles. The fourth-order valence-corrected chi connectivity index (χ4v) is 5.87. The first-order chi connectivity index (χ1) is 10.5. The third-order valence-electron chi connectivity index (χ3n) is 6.92. The van der Waals surface area contributed by atoms with Crippen LogP contribution in [0.5, 0.6) is 5.75 Å². The molecule has 1 saturated heterocycles. The number of hydrogen-bond donors (Lipinski definition) is 2. The van der Waals surface area contributed by atoms with Crippen molar-refractivity contribution in [2.75, 3.05) is 13.6 Å². The molecular formula is C18H23NO3. The number of rotatable bonds is 0. The summed E-state index contributed by atoms with van der Waals surface area (Å²) in [4.78, 5) is 2.31. The molecule has 5 atom stereocenters. The lowest BCUT2D eigenvalue weighted by Gasteiger charge is -2.63. The Morgan fingerprint density at radius 3 is 2.95 bits per heavy atom. The Kier molecular flexibility index (Phi) is 2.34. The van der Waals surface area contributed by atoms with Crippen molar-refractivity contribution in [1.82, 2.24) is 4.90 Å². The predicted molar refractivity (Wildman–Crippen MR) is 82.2 cm³/mol. The molecule has 0 amide bonds. The maximum Gasteiger partial charge on any atom is 0.137 e. The molecule has 0 radical (unpaired) electrons. The first-order valence-corrected chi connectivity index (χ1v) is 8.39. The van der Waals surface area contributed by atoms with Crippen LogP contribution in [0.2, 0.25) is 0 Å². The first-order valence-electron chi connectivity index (χ1n) is 8.39. The van der Waals surface area contributed by atoms with E-state index in [1.165, 1.54) is 11.1 Å². The van der Waals surface area contributed by atoms with E-state index in [0.29, 0.717) is 12.8 Å². The second kappa shape index (κ2) is 3.86. The molecule has 4 nitrogen and oxygen atoms in total. The van der Waals surface area contributed by atoms with Gasteiger partial charge < -0.3 is 19.8 Å². The fourth-order valence-electron chi connectivity index (χ4n) is 5.87. The van der Waals surface area contributed by atoms with E-state index in [-0.39, 0.29) is 12.1 Å². The van der Waals surface area contributed by atoms with Crippen molar-refractivity contribution in [3.05, 3.63) is 28.8 Å². The number of aryl methyl sites for hydroxylation is 1. The van der Waals surface area contributed by atoms with Gasteiger partial charge in [-0.25, -0.2) is 0 Å². The third kappa shape index (κ3) is 1.20. The van der Waals surface area contributed by atoms with Crippen molar-refractivity contribution in [2.45, 2.75) is 61.9 Å². The van der Waals surface area contributed by atoms with Gasteiger partial charge in [-0.1, -0.05) is 12.1 Å². The molecule has 22 heavy (non-hydrogen) atoms. The number of likely N-dealkylation sites (tertiary alicyclic amines) is 1. The number of ether oxygens (including phenoxy) is 1. The van der Waals surface area contributed by atoms with Crippen molar-refractivity contribution in [2.24, 2.45) is 0 Å². The van der Waals surface area contributed by atoms with Gasteiger partial charge in [0.05, 0.1) is 17.1 Å². The van der Waals surface area contributed by atoms with Crippen molar-refractivity contribution >= 4 is 0 Å². The summed E-state index contributed by atoms with van der Waals surface area (Å²) < 4.78 is 6.29. The third-order valence-corrected chi connectivity index (χ3v) is 6.92. The molecule has 2 bridgehead atoms. The summed E-state index contributed by atoms with van der Waals surface area (Å²) >= 11 is 0. The van der Waals surface area contributed by atoms with E-state index in [2.05, 4.69) is 31.0 Å². The number of benzene rings is 1. The second-order valence-corrected chi connectivity index (χ2v) is 7.74. The lowest BCUT2D eigenvalue weighted by Crippen LogP contribution is -2.76. The zero-order valence-electron chi connectivity index (χ0n) is 13.2. The van der Waals surface area contributed by atoms with Gasteiger partial charge in [-0.15, -0.1) is 0 Å². The molecule has 2 fully saturated rings. The molecule has 1 saturated carbocycles. The van der Waals surface area contributed by atoms with Gasteiger partial charge in [-0.3, -0.25) is 0 Å². The van der Waals surface area contributed by atoms with E-state index in [4.69, 9.17) is 4.74 Å². The van der Waals surface area contributed by atoms with Gasteiger partial charge >= 0.3 is 0 Å². The Balaban J connectivity index is 1.86. The molecule has 1 aromatic rings. The van der Waals surface area contributed by atoms with E-state index >= 15 is 0 Å². The summed E-state index contributed by atoms with van der Waals surface area (Å²) in [5, 5.41) is 22.4. The summed E-state index contributed by atoms with van der Waals surface area (Å²) in [6.45, 7) is 3.02. The van der Waals surface area contributed by atoms with Crippen LogP contribution in [-0.4, -0.2) is 52.6 Å². The summed E-state index contributed by atoms with van der Waals surface area (Å²) in [5.41, 5.74) is 2.43. The van der Waals surface area contributed by atoms with Crippen LogP contribution in [0.3, 0.4) is 0 Å². The lowest BCUT2D eigenvalue weighted by atomic mass is 9.48. The van der Waals surface area contributed by atoms with E-state index in [9.17, 15) is 10.2 Å². The molecule has 2 aliphatic carbocycles. The summed E-state index contributed by atoms with van der Waals surface area (Å²) in [6.07, 6.45) is 2.25. The average Bonchev–Trinajstić information content (AvgIpc) is 2.85. The standard InChI is InChI=1S/C18H23NO3/c1-10-3-4-11-9-13-18(21)6-5-12(20)16-17(18,7-8-19(13)2)14(11)15(10)22-16/h3-4,12-13,16,20-21H,5-9H2,1-2H3/t12?,13-,16?,17+,18-/m0/s1. The predicted octanol–water partition coefficient (Wildman–Crippen LogP) is 1.14. The quantitative estimate of drug-likeness (QED) is 0.754. The van der Waals surface area contributed by atoms with Crippen LogP contribution in [0.25, 0.3) is 0 Å². The summed E-state index contributed by atoms with van der Waals surface area (Å²) in [7, 11) is 2.12. The summed E-state index contributed by atoms with van der Waals surface area (Å²) in [5.74, 6) is 0.935.